The minimum Gasteiger partial charge on any atom is -0.371 e. The zero-order chi connectivity index (χ0) is 10.4. The highest BCUT2D eigenvalue weighted by Crippen LogP contribution is 2.33. The molecule has 1 aliphatic carbocycles. The second kappa shape index (κ2) is 6.31. The van der Waals surface area contributed by atoms with Gasteiger partial charge in [0.1, 0.15) is 0 Å². The van der Waals surface area contributed by atoms with Gasteiger partial charge in [0.25, 0.3) is 0 Å². The van der Waals surface area contributed by atoms with E-state index in [9.17, 15) is 0 Å². The Bertz CT molecular complexity index is 150. The van der Waals surface area contributed by atoms with E-state index in [0.29, 0.717) is 6.10 Å². The second-order valence-corrected chi connectivity index (χ2v) is 5.33. The van der Waals surface area contributed by atoms with Gasteiger partial charge in [0, 0.05) is 4.43 Å². The van der Waals surface area contributed by atoms with Gasteiger partial charge >= 0.3 is 0 Å². The van der Waals surface area contributed by atoms with Crippen LogP contribution in [0.5, 0.6) is 0 Å². The molecule has 1 saturated carbocycles. The SMILES string of the molecule is CCC(C)OC1(CI)CCCCCC1. The lowest BCUT2D eigenvalue weighted by molar-refractivity contribution is -0.0795. The second-order valence-electron chi connectivity index (χ2n) is 4.57. The molecule has 14 heavy (non-hydrogen) atoms. The lowest BCUT2D eigenvalue weighted by atomic mass is 9.96. The van der Waals surface area contributed by atoms with Crippen LogP contribution >= 0.6 is 22.6 Å². The first-order valence-electron chi connectivity index (χ1n) is 5.96. The Labute approximate surface area is 102 Å². The van der Waals surface area contributed by atoms with Crippen molar-refractivity contribution in [3.8, 4) is 0 Å². The van der Waals surface area contributed by atoms with Gasteiger partial charge in [0.05, 0.1) is 11.7 Å². The topological polar surface area (TPSA) is 9.23 Å². The zero-order valence-electron chi connectivity index (χ0n) is 9.52. The van der Waals surface area contributed by atoms with E-state index in [2.05, 4.69) is 36.4 Å². The summed E-state index contributed by atoms with van der Waals surface area (Å²) in [5.74, 6) is 0. The molecule has 0 aliphatic heterocycles. The van der Waals surface area contributed by atoms with Crippen molar-refractivity contribution in [2.24, 2.45) is 0 Å². The molecule has 2 heteroatoms. The summed E-state index contributed by atoms with van der Waals surface area (Å²) in [4.78, 5) is 0. The molecule has 1 fully saturated rings. The standard InChI is InChI=1S/C12H23IO/c1-3-11(2)14-12(10-13)8-6-4-5-7-9-12/h11H,3-10H2,1-2H3. The van der Waals surface area contributed by atoms with E-state index in [1.165, 1.54) is 38.5 Å². The molecule has 0 bridgehead atoms. The molecule has 0 N–H and O–H groups in total. The van der Waals surface area contributed by atoms with Crippen molar-refractivity contribution in [1.29, 1.82) is 0 Å². The predicted molar refractivity (Wildman–Crippen MR) is 70.2 cm³/mol. The summed E-state index contributed by atoms with van der Waals surface area (Å²) >= 11 is 2.50. The van der Waals surface area contributed by atoms with E-state index in [-0.39, 0.29) is 5.60 Å². The monoisotopic (exact) mass is 310 g/mol. The molecule has 1 rings (SSSR count). The molecule has 0 amide bonds. The molecule has 0 spiro atoms. The van der Waals surface area contributed by atoms with Crippen LogP contribution in [0.3, 0.4) is 0 Å². The average molecular weight is 310 g/mol. The van der Waals surface area contributed by atoms with Gasteiger partial charge in [-0.1, -0.05) is 55.2 Å². The highest BCUT2D eigenvalue weighted by atomic mass is 127. The molecule has 0 aromatic carbocycles. The van der Waals surface area contributed by atoms with Gasteiger partial charge in [0.15, 0.2) is 0 Å². The third-order valence-electron chi connectivity index (χ3n) is 3.28. The molecular weight excluding hydrogens is 287 g/mol. The van der Waals surface area contributed by atoms with E-state index in [1.54, 1.807) is 0 Å². The van der Waals surface area contributed by atoms with Gasteiger partial charge in [-0.3, -0.25) is 0 Å². The van der Waals surface area contributed by atoms with E-state index in [1.807, 2.05) is 0 Å². The van der Waals surface area contributed by atoms with Gasteiger partial charge in [-0.15, -0.1) is 0 Å². The van der Waals surface area contributed by atoms with Crippen LogP contribution < -0.4 is 0 Å². The van der Waals surface area contributed by atoms with Crippen molar-refractivity contribution in [1.82, 2.24) is 0 Å². The normalized spacial score (nSPS) is 24.2. The minimum absolute atomic E-state index is 0.215. The highest BCUT2D eigenvalue weighted by Gasteiger charge is 2.31. The van der Waals surface area contributed by atoms with Gasteiger partial charge in [0.2, 0.25) is 0 Å². The number of ether oxygens (including phenoxy) is 1. The molecule has 0 aromatic rings. The van der Waals surface area contributed by atoms with E-state index in [0.717, 1.165) is 10.8 Å². The summed E-state index contributed by atoms with van der Waals surface area (Å²) in [7, 11) is 0. The van der Waals surface area contributed by atoms with Crippen LogP contribution in [0.1, 0.15) is 58.8 Å². The van der Waals surface area contributed by atoms with Crippen molar-refractivity contribution in [3.63, 3.8) is 0 Å². The third-order valence-corrected chi connectivity index (χ3v) is 4.67. The summed E-state index contributed by atoms with van der Waals surface area (Å²) in [5, 5.41) is 0. The summed E-state index contributed by atoms with van der Waals surface area (Å²) < 4.78 is 7.41. The molecule has 0 saturated heterocycles. The molecule has 0 aromatic heterocycles. The van der Waals surface area contributed by atoms with E-state index >= 15 is 0 Å². The fraction of sp³-hybridized carbons (Fsp3) is 1.00. The molecule has 1 atom stereocenters. The highest BCUT2D eigenvalue weighted by molar-refractivity contribution is 14.1. The minimum atomic E-state index is 0.215. The zero-order valence-corrected chi connectivity index (χ0v) is 11.7. The van der Waals surface area contributed by atoms with Crippen LogP contribution in [0.25, 0.3) is 0 Å². The van der Waals surface area contributed by atoms with Crippen LogP contribution in [0.4, 0.5) is 0 Å². The maximum Gasteiger partial charge on any atom is 0.0775 e. The molecule has 1 unspecified atom stereocenters. The average Bonchev–Trinajstić information content (AvgIpc) is 2.44. The van der Waals surface area contributed by atoms with Crippen molar-refractivity contribution in [2.75, 3.05) is 4.43 Å². The Kier molecular flexibility index (Phi) is 5.75. The molecule has 0 radical (unpaired) electrons. The molecule has 1 nitrogen and oxygen atoms in total. The summed E-state index contributed by atoms with van der Waals surface area (Å²) in [6.45, 7) is 4.42. The van der Waals surface area contributed by atoms with Crippen LogP contribution in [0, 0.1) is 0 Å². The predicted octanol–water partition coefficient (Wildman–Crippen LogP) is 4.33. The quantitative estimate of drug-likeness (QED) is 0.427. The first kappa shape index (κ1) is 12.8. The number of rotatable bonds is 4. The van der Waals surface area contributed by atoms with E-state index < -0.39 is 0 Å². The lowest BCUT2D eigenvalue weighted by Gasteiger charge is -2.34. The summed E-state index contributed by atoms with van der Waals surface area (Å²) in [6.07, 6.45) is 9.66. The smallest absolute Gasteiger partial charge is 0.0775 e. The third kappa shape index (κ3) is 3.69. The van der Waals surface area contributed by atoms with Crippen molar-refractivity contribution >= 4 is 22.6 Å². The summed E-state index contributed by atoms with van der Waals surface area (Å²) in [6, 6.07) is 0. The van der Waals surface area contributed by atoms with Gasteiger partial charge < -0.3 is 4.74 Å². The van der Waals surface area contributed by atoms with Gasteiger partial charge in [-0.25, -0.2) is 0 Å². The van der Waals surface area contributed by atoms with Crippen LogP contribution in [0.15, 0.2) is 0 Å². The van der Waals surface area contributed by atoms with Crippen LogP contribution in [0.2, 0.25) is 0 Å². The summed E-state index contributed by atoms with van der Waals surface area (Å²) in [5.41, 5.74) is 0.215. The first-order chi connectivity index (χ1) is 6.72. The maximum absolute atomic E-state index is 6.25. The number of alkyl halides is 1. The maximum atomic E-state index is 6.25. The van der Waals surface area contributed by atoms with Crippen molar-refractivity contribution in [2.45, 2.75) is 70.5 Å². The Morgan fingerprint density at radius 3 is 2.21 bits per heavy atom. The molecule has 1 aliphatic rings. The molecule has 0 heterocycles. The van der Waals surface area contributed by atoms with Crippen LogP contribution in [-0.2, 0) is 4.74 Å². The largest absolute Gasteiger partial charge is 0.371 e. The van der Waals surface area contributed by atoms with Crippen molar-refractivity contribution < 1.29 is 4.74 Å². The van der Waals surface area contributed by atoms with E-state index in [4.69, 9.17) is 4.74 Å². The Morgan fingerprint density at radius 1 is 1.21 bits per heavy atom. The Hall–Kier alpha value is 0.690. The number of hydrogen-bond donors (Lipinski definition) is 0. The van der Waals surface area contributed by atoms with Crippen molar-refractivity contribution in [3.05, 3.63) is 0 Å². The lowest BCUT2D eigenvalue weighted by Crippen LogP contribution is -2.37. The van der Waals surface area contributed by atoms with Crippen LogP contribution in [-0.4, -0.2) is 16.1 Å². The molecule has 84 valence electrons. The fourth-order valence-corrected chi connectivity index (χ4v) is 3.11. The number of hydrogen-bond acceptors (Lipinski definition) is 1. The van der Waals surface area contributed by atoms with Gasteiger partial charge in [-0.05, 0) is 26.2 Å². The Balaban J connectivity index is 2.53. The molecular formula is C12H23IO. The Morgan fingerprint density at radius 2 is 1.79 bits per heavy atom. The number of halogens is 1. The van der Waals surface area contributed by atoms with Gasteiger partial charge in [-0.2, -0.15) is 0 Å². The first-order valence-corrected chi connectivity index (χ1v) is 7.49. The fourth-order valence-electron chi connectivity index (χ4n) is 2.17.